The average molecular weight is 352 g/mol. The number of carbonyl (C=O) groups is 4. The van der Waals surface area contributed by atoms with Gasteiger partial charge in [0.05, 0.1) is 6.04 Å². The van der Waals surface area contributed by atoms with Crippen LogP contribution in [0.1, 0.15) is 31.9 Å². The number of hydrogen-bond donors (Lipinski definition) is 1. The molecule has 1 aliphatic heterocycles. The zero-order valence-corrected chi connectivity index (χ0v) is 14.2. The van der Waals surface area contributed by atoms with Gasteiger partial charge in [0.2, 0.25) is 5.91 Å². The number of hydrogen-bond acceptors (Lipinski definition) is 4. The topological polar surface area (TPSA) is 86.8 Å². The van der Waals surface area contributed by atoms with E-state index in [-0.39, 0.29) is 12.6 Å². The molecule has 24 heavy (non-hydrogen) atoms. The van der Waals surface area contributed by atoms with Crippen LogP contribution in [0.4, 0.5) is 4.79 Å². The summed E-state index contributed by atoms with van der Waals surface area (Å²) in [6, 6.07) is 5.88. The van der Waals surface area contributed by atoms with E-state index >= 15 is 0 Å². The van der Waals surface area contributed by atoms with Crippen LogP contribution < -0.4 is 5.32 Å². The lowest BCUT2D eigenvalue weighted by Crippen LogP contribution is -2.42. The smallest absolute Gasteiger partial charge is 0.334 e. The maximum atomic E-state index is 12.1. The minimum absolute atomic E-state index is 0.153. The highest BCUT2D eigenvalue weighted by Crippen LogP contribution is 2.18. The first-order chi connectivity index (χ1) is 11.3. The number of rotatable bonds is 6. The van der Waals surface area contributed by atoms with Crippen molar-refractivity contribution in [3.63, 3.8) is 0 Å². The Kier molecular flexibility index (Phi) is 5.56. The molecule has 8 heteroatoms. The lowest BCUT2D eigenvalue weighted by molar-refractivity contribution is -0.144. The molecule has 1 N–H and O–H groups in total. The van der Waals surface area contributed by atoms with Crippen molar-refractivity contribution in [1.82, 2.24) is 15.1 Å². The second-order valence-electron chi connectivity index (χ2n) is 5.47. The molecular weight excluding hydrogens is 334 g/mol. The van der Waals surface area contributed by atoms with Gasteiger partial charge in [-0.3, -0.25) is 19.3 Å². The number of halogens is 1. The highest BCUT2D eigenvalue weighted by molar-refractivity contribution is 6.45. The number of imide groups is 2. The molecule has 0 aromatic heterocycles. The van der Waals surface area contributed by atoms with Crippen LogP contribution in [-0.4, -0.2) is 46.6 Å². The van der Waals surface area contributed by atoms with Gasteiger partial charge in [0.1, 0.15) is 6.54 Å². The van der Waals surface area contributed by atoms with Crippen LogP contribution in [0.3, 0.4) is 0 Å². The summed E-state index contributed by atoms with van der Waals surface area (Å²) in [6.45, 7) is 3.20. The van der Waals surface area contributed by atoms with Gasteiger partial charge in [-0.1, -0.05) is 30.7 Å². The van der Waals surface area contributed by atoms with E-state index in [1.165, 1.54) is 0 Å². The van der Waals surface area contributed by atoms with Gasteiger partial charge in [-0.05, 0) is 31.0 Å². The maximum Gasteiger partial charge on any atom is 0.334 e. The molecule has 0 unspecified atom stereocenters. The zero-order chi connectivity index (χ0) is 17.9. The minimum atomic E-state index is -0.973. The Labute approximate surface area is 144 Å². The van der Waals surface area contributed by atoms with E-state index in [1.54, 1.807) is 38.1 Å². The van der Waals surface area contributed by atoms with Crippen molar-refractivity contribution >= 4 is 35.4 Å². The molecule has 0 spiro atoms. The number of amides is 5. The number of benzene rings is 1. The number of urea groups is 1. The first-order valence-electron chi connectivity index (χ1n) is 7.57. The van der Waals surface area contributed by atoms with Crippen LogP contribution in [0.15, 0.2) is 24.3 Å². The monoisotopic (exact) mass is 351 g/mol. The van der Waals surface area contributed by atoms with Gasteiger partial charge in [-0.15, -0.1) is 0 Å². The van der Waals surface area contributed by atoms with E-state index < -0.39 is 30.3 Å². The molecule has 5 amide bonds. The number of carbonyl (C=O) groups excluding carboxylic acids is 4. The van der Waals surface area contributed by atoms with Crippen LogP contribution >= 0.6 is 11.6 Å². The van der Waals surface area contributed by atoms with Crippen LogP contribution in [0, 0.1) is 0 Å². The Hall–Kier alpha value is -2.41. The molecule has 1 saturated heterocycles. The minimum Gasteiger partial charge on any atom is -0.348 e. The van der Waals surface area contributed by atoms with E-state index in [0.717, 1.165) is 10.5 Å². The Morgan fingerprint density at radius 1 is 1.21 bits per heavy atom. The quantitative estimate of drug-likeness (QED) is 0.624. The molecule has 1 aromatic rings. The summed E-state index contributed by atoms with van der Waals surface area (Å²) in [5.74, 6) is -2.40. The maximum absolute atomic E-state index is 12.1. The summed E-state index contributed by atoms with van der Waals surface area (Å²) < 4.78 is 0. The van der Waals surface area contributed by atoms with Crippen molar-refractivity contribution in [2.75, 3.05) is 13.1 Å². The second-order valence-corrected chi connectivity index (χ2v) is 5.91. The largest absolute Gasteiger partial charge is 0.348 e. The molecule has 0 saturated carbocycles. The summed E-state index contributed by atoms with van der Waals surface area (Å²) in [4.78, 5) is 49.3. The first-order valence-corrected chi connectivity index (χ1v) is 7.95. The zero-order valence-electron chi connectivity index (χ0n) is 13.4. The molecule has 1 aliphatic rings. The highest BCUT2D eigenvalue weighted by Gasteiger charge is 2.44. The van der Waals surface area contributed by atoms with Gasteiger partial charge >= 0.3 is 17.8 Å². The molecule has 7 nitrogen and oxygen atoms in total. The predicted molar refractivity (Wildman–Crippen MR) is 87.1 cm³/mol. The molecule has 1 fully saturated rings. The predicted octanol–water partition coefficient (Wildman–Crippen LogP) is 1.72. The highest BCUT2D eigenvalue weighted by atomic mass is 35.5. The molecule has 2 rings (SSSR count). The SMILES string of the molecule is CCCN1C(=O)C(=O)N(CC(=O)N[C@@H](C)c2cccc(Cl)c2)C1=O. The lowest BCUT2D eigenvalue weighted by atomic mass is 10.1. The molecule has 0 radical (unpaired) electrons. The van der Waals surface area contributed by atoms with Crippen molar-refractivity contribution in [3.05, 3.63) is 34.9 Å². The van der Waals surface area contributed by atoms with E-state index in [9.17, 15) is 19.2 Å². The van der Waals surface area contributed by atoms with E-state index in [1.807, 2.05) is 0 Å². The van der Waals surface area contributed by atoms with Crippen LogP contribution in [0.2, 0.25) is 5.02 Å². The normalized spacial score (nSPS) is 15.9. The van der Waals surface area contributed by atoms with E-state index in [2.05, 4.69) is 5.32 Å². The van der Waals surface area contributed by atoms with Gasteiger partial charge in [0, 0.05) is 11.6 Å². The third kappa shape index (κ3) is 3.73. The molecule has 1 heterocycles. The van der Waals surface area contributed by atoms with Gasteiger partial charge in [-0.2, -0.15) is 0 Å². The molecule has 1 atom stereocenters. The summed E-state index contributed by atoms with van der Waals surface area (Å²) in [5, 5.41) is 3.22. The first kappa shape index (κ1) is 17.9. The summed E-state index contributed by atoms with van der Waals surface area (Å²) >= 11 is 5.91. The summed E-state index contributed by atoms with van der Waals surface area (Å²) in [6.07, 6.45) is 0.538. The second kappa shape index (κ2) is 7.44. The Bertz CT molecular complexity index is 692. The van der Waals surface area contributed by atoms with Crippen molar-refractivity contribution in [1.29, 1.82) is 0 Å². The van der Waals surface area contributed by atoms with Gasteiger partial charge < -0.3 is 5.32 Å². The molecule has 1 aromatic carbocycles. The van der Waals surface area contributed by atoms with Crippen LogP contribution in [0.25, 0.3) is 0 Å². The number of nitrogens with zero attached hydrogens (tertiary/aromatic N) is 2. The fraction of sp³-hybridized carbons (Fsp3) is 0.375. The van der Waals surface area contributed by atoms with Gasteiger partial charge in [-0.25, -0.2) is 9.69 Å². The third-order valence-electron chi connectivity index (χ3n) is 3.61. The third-order valence-corrected chi connectivity index (χ3v) is 3.85. The fourth-order valence-corrected chi connectivity index (χ4v) is 2.60. The Morgan fingerprint density at radius 3 is 2.50 bits per heavy atom. The van der Waals surface area contributed by atoms with Crippen molar-refractivity contribution < 1.29 is 19.2 Å². The van der Waals surface area contributed by atoms with Crippen molar-refractivity contribution in [2.24, 2.45) is 0 Å². The van der Waals surface area contributed by atoms with Crippen LogP contribution in [0.5, 0.6) is 0 Å². The average Bonchev–Trinajstić information content (AvgIpc) is 2.73. The molecule has 0 bridgehead atoms. The Balaban J connectivity index is 2.00. The number of nitrogens with one attached hydrogen (secondary N) is 1. The van der Waals surface area contributed by atoms with Gasteiger partial charge in [0.25, 0.3) is 0 Å². The van der Waals surface area contributed by atoms with Crippen molar-refractivity contribution in [3.8, 4) is 0 Å². The Morgan fingerprint density at radius 2 is 1.88 bits per heavy atom. The summed E-state index contributed by atoms with van der Waals surface area (Å²) in [7, 11) is 0. The standard InChI is InChI=1S/C16H18ClN3O4/c1-3-7-19-14(22)15(23)20(16(19)24)9-13(21)18-10(2)11-5-4-6-12(17)8-11/h4-6,8,10H,3,7,9H2,1-2H3,(H,18,21)/t10-/m0/s1. The van der Waals surface area contributed by atoms with E-state index in [0.29, 0.717) is 16.3 Å². The van der Waals surface area contributed by atoms with Crippen molar-refractivity contribution in [2.45, 2.75) is 26.3 Å². The summed E-state index contributed by atoms with van der Waals surface area (Å²) in [5.41, 5.74) is 0.790. The van der Waals surface area contributed by atoms with Crippen LogP contribution in [-0.2, 0) is 14.4 Å². The molecule has 128 valence electrons. The fourth-order valence-electron chi connectivity index (χ4n) is 2.40. The lowest BCUT2D eigenvalue weighted by Gasteiger charge is -2.18. The molecule has 0 aliphatic carbocycles. The van der Waals surface area contributed by atoms with E-state index in [4.69, 9.17) is 11.6 Å². The molecular formula is C16H18ClN3O4. The van der Waals surface area contributed by atoms with Gasteiger partial charge in [0.15, 0.2) is 0 Å².